The Morgan fingerprint density at radius 2 is 1.10 bits per heavy atom. The van der Waals surface area contributed by atoms with Crippen LogP contribution in [0.15, 0.2) is 0 Å². The van der Waals surface area contributed by atoms with E-state index in [1.165, 1.54) is 0 Å². The lowest BCUT2D eigenvalue weighted by atomic mass is 9.71. The Hall–Kier alpha value is 0.150. The van der Waals surface area contributed by atoms with Gasteiger partial charge in [-0.1, -0.05) is 4.57 Å². The zero-order chi connectivity index (χ0) is 21.3. The maximum absolute atomic E-state index is 12.8. The lowest BCUT2D eigenvalue weighted by Crippen LogP contribution is -2.95. The highest BCUT2D eigenvalue weighted by Gasteiger charge is 3.15. The molecular formula is C6H2O20P4. The normalized spacial score (nSPS) is 69.8. The van der Waals surface area contributed by atoms with Gasteiger partial charge >= 0.3 is 65.8 Å². The molecule has 6 aliphatic heterocycles. The summed E-state index contributed by atoms with van der Waals surface area (Å²) >= 11 is 0. The molecule has 7 aliphatic rings. The van der Waals surface area contributed by atoms with Crippen molar-refractivity contribution >= 4 is 31.5 Å². The Bertz CT molecular complexity index is 1100. The summed E-state index contributed by atoms with van der Waals surface area (Å²) in [7, 11) is -19.9. The van der Waals surface area contributed by atoms with Crippen molar-refractivity contribution in [3.8, 4) is 0 Å². The zero-order valence-corrected chi connectivity index (χ0v) is 16.6. The van der Waals surface area contributed by atoms with Crippen molar-refractivity contribution in [1.29, 1.82) is 0 Å². The van der Waals surface area contributed by atoms with E-state index in [0.717, 1.165) is 0 Å². The van der Waals surface area contributed by atoms with E-state index in [2.05, 4.69) is 23.6 Å². The number of hydrogen-bond acceptors (Lipinski definition) is 20. The van der Waals surface area contributed by atoms with Gasteiger partial charge in [-0.05, 0) is 0 Å². The summed E-state index contributed by atoms with van der Waals surface area (Å²) in [4.78, 5) is 31.3. The highest BCUT2D eigenvalue weighted by atomic mass is 31.2. The molecule has 20 nitrogen and oxygen atoms in total. The van der Waals surface area contributed by atoms with Gasteiger partial charge in [-0.3, -0.25) is 0 Å². The van der Waals surface area contributed by atoms with Crippen molar-refractivity contribution < 1.29 is 94.2 Å². The Kier molecular flexibility index (Phi) is 3.07. The van der Waals surface area contributed by atoms with Crippen LogP contribution in [0.3, 0.4) is 0 Å². The van der Waals surface area contributed by atoms with Gasteiger partial charge in [0.25, 0.3) is 0 Å². The number of rotatable bonds is 1. The van der Waals surface area contributed by atoms with E-state index < -0.39 is 65.8 Å². The minimum Gasteiger partial charge on any atom is -0.593 e. The van der Waals surface area contributed by atoms with E-state index >= 15 is 0 Å². The standard InChI is InChI=1S/C6H2O20P4/c7-1-2(8)4(15-23-29(12,19-2)21-4)6(27(9)10)5-3(1,20-28(11,18-1)22-5)14-24-30(13,25-16-5)26-17-6/h7-8H/t1-,2-,3-,4+,5+,6-,28?,29?,30?/m1/s1. The molecule has 6 saturated heterocycles. The van der Waals surface area contributed by atoms with Gasteiger partial charge < -0.3 is 15.1 Å². The van der Waals surface area contributed by atoms with Crippen molar-refractivity contribution in [3.05, 3.63) is 0 Å². The van der Waals surface area contributed by atoms with Crippen molar-refractivity contribution in [3.63, 3.8) is 0 Å². The summed E-state index contributed by atoms with van der Waals surface area (Å²) in [6.45, 7) is 0. The molecule has 1 aliphatic carbocycles. The van der Waals surface area contributed by atoms with E-state index in [1.807, 2.05) is 0 Å². The topological polar surface area (TPSA) is 252 Å². The van der Waals surface area contributed by atoms with Crippen LogP contribution in [0, 0.1) is 0 Å². The van der Waals surface area contributed by atoms with Crippen molar-refractivity contribution in [2.24, 2.45) is 0 Å². The van der Waals surface area contributed by atoms with Gasteiger partial charge in [0.1, 0.15) is 0 Å². The maximum atomic E-state index is 12.8. The molecule has 0 aromatic rings. The Labute approximate surface area is 161 Å². The molecule has 10 atom stereocenters. The minimum atomic E-state index is -5.17. The second kappa shape index (κ2) is 4.69. The molecule has 7 fully saturated rings. The van der Waals surface area contributed by atoms with Gasteiger partial charge in [0.05, 0.1) is 0 Å². The van der Waals surface area contributed by atoms with Gasteiger partial charge in [-0.25, -0.2) is 36.3 Å². The van der Waals surface area contributed by atoms with Crippen LogP contribution in [0.4, 0.5) is 0 Å². The van der Waals surface area contributed by atoms with Gasteiger partial charge in [0, 0.05) is 0 Å². The number of hydrogen-bond donors (Lipinski definition) is 2. The zero-order valence-electron chi connectivity index (χ0n) is 13.0. The first-order valence-corrected chi connectivity index (χ1v) is 12.8. The number of fused-ring (bicyclic) bond motifs is 5. The lowest BCUT2D eigenvalue weighted by Gasteiger charge is -2.59. The van der Waals surface area contributed by atoms with Crippen molar-refractivity contribution in [2.45, 2.75) is 34.3 Å². The molecule has 0 amide bonds. The lowest BCUT2D eigenvalue weighted by molar-refractivity contribution is -0.632. The number of phosphoric acid groups is 3. The smallest absolute Gasteiger partial charge is 0.557 e. The molecule has 0 radical (unpaired) electrons. The average Bonchev–Trinajstić information content (AvgIpc) is 3.21. The largest absolute Gasteiger partial charge is 0.593 e. The first-order chi connectivity index (χ1) is 13.8. The monoisotopic (exact) mass is 518 g/mol. The highest BCUT2D eigenvalue weighted by Crippen LogP contribution is 2.92. The first-order valence-electron chi connectivity index (χ1n) is 7.23. The summed E-state index contributed by atoms with van der Waals surface area (Å²) in [5.41, 5.74) is 0. The molecule has 166 valence electrons. The van der Waals surface area contributed by atoms with Gasteiger partial charge in [0.2, 0.25) is 0 Å². The second-order valence-electron chi connectivity index (χ2n) is 6.47. The number of phosphoric ester groups is 2. The molecule has 24 heteroatoms. The van der Waals surface area contributed by atoms with Crippen LogP contribution in [-0.2, 0) is 79.1 Å². The fourth-order valence-electron chi connectivity index (χ4n) is 4.04. The van der Waals surface area contributed by atoms with Crippen molar-refractivity contribution in [1.82, 2.24) is 0 Å². The molecule has 6 heterocycles. The Morgan fingerprint density at radius 1 is 0.633 bits per heavy atom. The van der Waals surface area contributed by atoms with Gasteiger partial charge in [-0.15, -0.1) is 18.7 Å². The maximum Gasteiger partial charge on any atom is 0.557 e. The number of aliphatic hydroxyl groups is 2. The second-order valence-corrected chi connectivity index (χ2v) is 11.8. The van der Waals surface area contributed by atoms with Crippen LogP contribution < -0.4 is 4.89 Å². The van der Waals surface area contributed by atoms with E-state index in [9.17, 15) is 33.4 Å². The molecule has 4 unspecified atom stereocenters. The van der Waals surface area contributed by atoms with Gasteiger partial charge in [0.15, 0.2) is 0 Å². The van der Waals surface area contributed by atoms with Crippen LogP contribution in [-0.4, -0.2) is 44.5 Å². The third kappa shape index (κ3) is 1.49. The van der Waals surface area contributed by atoms with Crippen LogP contribution in [0.25, 0.3) is 0 Å². The Balaban J connectivity index is 1.68. The van der Waals surface area contributed by atoms with Crippen molar-refractivity contribution in [2.75, 3.05) is 0 Å². The molecule has 30 heavy (non-hydrogen) atoms. The minimum absolute atomic E-state index is 3.56. The van der Waals surface area contributed by atoms with E-state index in [0.29, 0.717) is 0 Å². The molecule has 6 bridgehead atoms. The van der Waals surface area contributed by atoms with E-state index in [1.54, 1.807) is 0 Å². The molecular weight excluding hydrogens is 516 g/mol. The quantitative estimate of drug-likeness (QED) is 0.297. The van der Waals surface area contributed by atoms with Gasteiger partial charge in [-0.2, -0.15) is 19.6 Å². The van der Waals surface area contributed by atoms with Crippen LogP contribution >= 0.6 is 31.5 Å². The summed E-state index contributed by atoms with van der Waals surface area (Å²) in [6.07, 6.45) is 0. The van der Waals surface area contributed by atoms with Crippen LogP contribution in [0.5, 0.6) is 0 Å². The fraction of sp³-hybridized carbons (Fsp3) is 1.00. The molecule has 3 spiro atoms. The average molecular weight is 518 g/mol. The molecule has 7 rings (SSSR count). The highest BCUT2D eigenvalue weighted by molar-refractivity contribution is 7.50. The predicted octanol–water partition coefficient (Wildman–Crippen LogP) is -1.45. The molecule has 1 saturated carbocycles. The van der Waals surface area contributed by atoms with E-state index in [-0.39, 0.29) is 0 Å². The molecule has 0 aromatic carbocycles. The first kappa shape index (κ1) is 19.6. The van der Waals surface area contributed by atoms with E-state index in [4.69, 9.17) is 37.3 Å². The molecule has 2 N–H and O–H groups in total. The summed E-state index contributed by atoms with van der Waals surface area (Å²) in [6, 6.07) is 0. The third-order valence-corrected chi connectivity index (χ3v) is 9.75. The Morgan fingerprint density at radius 3 is 1.77 bits per heavy atom. The fourth-order valence-corrected chi connectivity index (χ4v) is 9.28. The third-order valence-electron chi connectivity index (χ3n) is 5.13. The summed E-state index contributed by atoms with van der Waals surface area (Å²) in [5.74, 6) is -18.4. The molecule has 0 aromatic heterocycles. The van der Waals surface area contributed by atoms with Crippen LogP contribution in [0.2, 0.25) is 0 Å². The predicted molar refractivity (Wildman–Crippen MR) is 65.4 cm³/mol. The summed E-state index contributed by atoms with van der Waals surface area (Å²) < 4.78 is 91.8. The van der Waals surface area contributed by atoms with Crippen LogP contribution in [0.1, 0.15) is 0 Å². The summed E-state index contributed by atoms with van der Waals surface area (Å²) in [5, 5.41) is 18.6. The SMILES string of the molecule is O=[P+]([O-])[C@]12OOP3(=O)OO[C@@]45OP(=O)(O[C@]4(O)[C@@]4(O)OP6(=O)OO[C@]41O6)O[C@@]52OO3.